The van der Waals surface area contributed by atoms with Crippen LogP contribution in [-0.2, 0) is 14.4 Å². The maximum atomic E-state index is 14.7. The van der Waals surface area contributed by atoms with E-state index in [1.807, 2.05) is 60.7 Å². The molecule has 0 aromatic heterocycles. The van der Waals surface area contributed by atoms with Crippen LogP contribution in [0.5, 0.6) is 0 Å². The predicted octanol–water partition coefficient (Wildman–Crippen LogP) is 6.36. The Labute approximate surface area is 280 Å². The molecule has 48 heavy (non-hydrogen) atoms. The summed E-state index contributed by atoms with van der Waals surface area (Å²) in [5.41, 5.74) is 9.73. The topological polar surface area (TPSA) is 122 Å². The Morgan fingerprint density at radius 3 is 2.21 bits per heavy atom. The zero-order valence-electron chi connectivity index (χ0n) is 26.6. The van der Waals surface area contributed by atoms with Gasteiger partial charge in [-0.1, -0.05) is 116 Å². The number of para-hydroxylation sites is 1. The third-order valence-electron chi connectivity index (χ3n) is 9.26. The largest absolute Gasteiger partial charge is 0.369 e. The predicted molar refractivity (Wildman–Crippen MR) is 187 cm³/mol. The molecule has 8 heteroatoms. The number of allylic oxidation sites excluding steroid dienone is 1. The molecular weight excluding hydrogens is 600 g/mol. The average Bonchev–Trinajstić information content (AvgIpc) is 3.21. The van der Waals surface area contributed by atoms with Crippen LogP contribution in [0.1, 0.15) is 59.2 Å². The minimum Gasteiger partial charge on any atom is -0.369 e. The summed E-state index contributed by atoms with van der Waals surface area (Å²) < 4.78 is 0. The first-order valence-corrected chi connectivity index (χ1v) is 16.3. The number of hydrogen-bond donors (Lipinski definition) is 2. The Kier molecular flexibility index (Phi) is 9.71. The van der Waals surface area contributed by atoms with E-state index >= 15 is 0 Å². The van der Waals surface area contributed by atoms with Gasteiger partial charge in [0.15, 0.2) is 5.78 Å². The highest BCUT2D eigenvalue weighted by atomic mass is 16.2. The molecule has 1 aliphatic heterocycles. The van der Waals surface area contributed by atoms with Crippen molar-refractivity contribution in [2.45, 2.75) is 38.3 Å². The lowest BCUT2D eigenvalue weighted by molar-refractivity contribution is -0.136. The van der Waals surface area contributed by atoms with Crippen LogP contribution in [-0.4, -0.2) is 35.4 Å². The molecule has 2 aliphatic rings. The van der Waals surface area contributed by atoms with E-state index in [0.29, 0.717) is 46.1 Å². The number of anilines is 2. The lowest BCUT2D eigenvalue weighted by Gasteiger charge is -2.32. The number of rotatable bonds is 12. The molecule has 242 valence electrons. The van der Waals surface area contributed by atoms with Gasteiger partial charge in [-0.05, 0) is 37.0 Å². The van der Waals surface area contributed by atoms with Gasteiger partial charge in [0.25, 0.3) is 5.91 Å². The van der Waals surface area contributed by atoms with Gasteiger partial charge >= 0.3 is 0 Å². The Bertz CT molecular complexity index is 1870. The van der Waals surface area contributed by atoms with Crippen LogP contribution in [0.15, 0.2) is 127 Å². The molecule has 1 saturated carbocycles. The molecule has 1 fully saturated rings. The van der Waals surface area contributed by atoms with E-state index in [9.17, 15) is 19.2 Å². The van der Waals surface area contributed by atoms with Crippen LogP contribution in [0.4, 0.5) is 11.4 Å². The number of benzodiazepines with no additional fused rings is 1. The molecule has 4 aromatic carbocycles. The van der Waals surface area contributed by atoms with Gasteiger partial charge in [0, 0.05) is 27.9 Å². The minimum absolute atomic E-state index is 0.183. The molecule has 1 heterocycles. The van der Waals surface area contributed by atoms with Crippen molar-refractivity contribution >= 4 is 40.6 Å². The molecule has 1 unspecified atom stereocenters. The van der Waals surface area contributed by atoms with Crippen LogP contribution >= 0.6 is 0 Å². The molecular formula is C40H38N4O4. The van der Waals surface area contributed by atoms with E-state index in [2.05, 4.69) is 11.9 Å². The maximum Gasteiger partial charge on any atom is 0.276 e. The fourth-order valence-electron chi connectivity index (χ4n) is 6.53. The third kappa shape index (κ3) is 6.74. The first-order chi connectivity index (χ1) is 23.4. The van der Waals surface area contributed by atoms with Crippen LogP contribution in [0.2, 0.25) is 0 Å². The summed E-state index contributed by atoms with van der Waals surface area (Å²) in [6, 6.07) is 32.7. The van der Waals surface area contributed by atoms with E-state index < -0.39 is 35.7 Å². The second-order valence-electron chi connectivity index (χ2n) is 12.4. The smallest absolute Gasteiger partial charge is 0.276 e. The zero-order valence-corrected chi connectivity index (χ0v) is 26.6. The summed E-state index contributed by atoms with van der Waals surface area (Å²) in [6.07, 6.45) is 4.02. The van der Waals surface area contributed by atoms with Crippen molar-refractivity contribution < 1.29 is 19.2 Å². The van der Waals surface area contributed by atoms with E-state index in [0.717, 1.165) is 24.8 Å². The summed E-state index contributed by atoms with van der Waals surface area (Å²) >= 11 is 0. The number of ketones is 1. The number of primary amides is 1. The summed E-state index contributed by atoms with van der Waals surface area (Å²) in [5, 5.41) is 2.93. The number of nitrogens with zero attached hydrogens (tertiary/aromatic N) is 2. The average molecular weight is 639 g/mol. The van der Waals surface area contributed by atoms with Gasteiger partial charge in [0.05, 0.1) is 23.2 Å². The molecule has 3 N–H and O–H groups in total. The molecule has 0 saturated heterocycles. The summed E-state index contributed by atoms with van der Waals surface area (Å²) in [4.78, 5) is 61.4. The van der Waals surface area contributed by atoms with Gasteiger partial charge in [-0.25, -0.2) is 4.99 Å². The number of amides is 3. The van der Waals surface area contributed by atoms with E-state index in [-0.39, 0.29) is 12.2 Å². The Morgan fingerprint density at radius 1 is 0.875 bits per heavy atom. The second kappa shape index (κ2) is 14.4. The number of carbonyl (C=O) groups excluding carboxylic acids is 4. The fourth-order valence-corrected chi connectivity index (χ4v) is 6.53. The Hall–Kier alpha value is -5.63. The zero-order chi connectivity index (χ0) is 33.6. The highest BCUT2D eigenvalue weighted by Crippen LogP contribution is 2.37. The van der Waals surface area contributed by atoms with Gasteiger partial charge in [0.1, 0.15) is 0 Å². The van der Waals surface area contributed by atoms with Crippen LogP contribution < -0.4 is 16.0 Å². The van der Waals surface area contributed by atoms with Crippen molar-refractivity contribution in [3.63, 3.8) is 0 Å². The highest BCUT2D eigenvalue weighted by molar-refractivity contribution is 6.22. The van der Waals surface area contributed by atoms with E-state index in [4.69, 9.17) is 10.7 Å². The van der Waals surface area contributed by atoms with Crippen molar-refractivity contribution in [2.24, 2.45) is 28.5 Å². The Morgan fingerprint density at radius 2 is 1.54 bits per heavy atom. The molecule has 1 aliphatic carbocycles. The number of carbonyl (C=O) groups is 4. The minimum atomic E-state index is -1.34. The number of hydrogen-bond acceptors (Lipinski definition) is 5. The lowest BCUT2D eigenvalue weighted by atomic mass is 9.74. The van der Waals surface area contributed by atoms with Gasteiger partial charge in [0.2, 0.25) is 18.0 Å². The van der Waals surface area contributed by atoms with Crippen molar-refractivity contribution in [1.29, 1.82) is 0 Å². The number of benzene rings is 4. The van der Waals surface area contributed by atoms with Crippen molar-refractivity contribution in [3.8, 4) is 0 Å². The van der Waals surface area contributed by atoms with Gasteiger partial charge < -0.3 is 11.1 Å². The van der Waals surface area contributed by atoms with Crippen molar-refractivity contribution in [3.05, 3.63) is 144 Å². The fraction of sp³-hybridized carbons (Fsp3) is 0.225. The number of nitrogens with two attached hydrogens (primary N) is 1. The van der Waals surface area contributed by atoms with Crippen LogP contribution in [0, 0.1) is 17.8 Å². The first-order valence-electron chi connectivity index (χ1n) is 16.3. The second-order valence-corrected chi connectivity index (χ2v) is 12.4. The molecule has 3 atom stereocenters. The maximum absolute atomic E-state index is 14.7. The monoisotopic (exact) mass is 638 g/mol. The lowest BCUT2D eigenvalue weighted by Crippen LogP contribution is -2.50. The Balaban J connectivity index is 1.44. The molecule has 0 bridgehead atoms. The normalized spacial score (nSPS) is 17.2. The molecule has 0 radical (unpaired) electrons. The van der Waals surface area contributed by atoms with E-state index in [1.54, 1.807) is 54.6 Å². The van der Waals surface area contributed by atoms with Gasteiger partial charge in [-0.15, -0.1) is 6.58 Å². The summed E-state index contributed by atoms with van der Waals surface area (Å²) in [7, 11) is 0. The summed E-state index contributed by atoms with van der Waals surface area (Å²) in [5.74, 6) is -2.95. The molecule has 4 aromatic rings. The molecule has 6 rings (SSSR count). The summed E-state index contributed by atoms with van der Waals surface area (Å²) in [6.45, 7) is 3.78. The molecule has 3 amide bonds. The number of fused-ring (bicyclic) bond motifs is 1. The van der Waals surface area contributed by atoms with Crippen molar-refractivity contribution in [2.75, 3.05) is 4.90 Å². The SMILES string of the molecule is C=CC[C@H](C(N)=O)[C@@H](CC1CCC1)C(=O)NC1N=C(c2ccccc2)c2ccccc2N(c2cccc(C(=O)c3ccccc3)c2)C1=O. The van der Waals surface area contributed by atoms with E-state index in [1.165, 1.54) is 4.90 Å². The van der Waals surface area contributed by atoms with Gasteiger partial charge in [-0.3, -0.25) is 24.1 Å². The van der Waals surface area contributed by atoms with Crippen LogP contribution in [0.25, 0.3) is 0 Å². The molecule has 0 spiro atoms. The molecule has 8 nitrogen and oxygen atoms in total. The van der Waals surface area contributed by atoms with Crippen LogP contribution in [0.3, 0.4) is 0 Å². The quantitative estimate of drug-likeness (QED) is 0.139. The van der Waals surface area contributed by atoms with Crippen molar-refractivity contribution in [1.82, 2.24) is 5.32 Å². The number of aliphatic imine (C=N–C) groups is 1. The standard InChI is InChI=1S/C40H38N4O4/c1-2-13-31(37(41)46)33(24-26-14-11-15-26)39(47)43-38-40(48)44(30-21-12-20-29(25-30)36(45)28-18-7-4-8-19-28)34-23-10-9-22-32(34)35(42-38)27-16-5-3-6-17-27/h2-10,12,16-23,25-26,31,33,38H,1,11,13-15,24H2,(H2,41,46)(H,43,47)/t31-,33+,38?/m0/s1. The first kappa shape index (κ1) is 32.3. The number of nitrogens with one attached hydrogen (secondary N) is 1. The highest BCUT2D eigenvalue weighted by Gasteiger charge is 2.39. The third-order valence-corrected chi connectivity index (χ3v) is 9.26. The van der Waals surface area contributed by atoms with Gasteiger partial charge in [-0.2, -0.15) is 0 Å².